The van der Waals surface area contributed by atoms with Crippen molar-refractivity contribution in [3.63, 3.8) is 0 Å². The summed E-state index contributed by atoms with van der Waals surface area (Å²) in [5.41, 5.74) is 8.52. The number of aromatic nitrogens is 4. The van der Waals surface area contributed by atoms with Crippen molar-refractivity contribution in [1.29, 1.82) is 0 Å². The molecule has 11 heteroatoms. The van der Waals surface area contributed by atoms with Crippen molar-refractivity contribution >= 4 is 23.5 Å². The highest BCUT2D eigenvalue weighted by Crippen LogP contribution is 2.23. The van der Waals surface area contributed by atoms with Gasteiger partial charge in [0.2, 0.25) is 5.95 Å². The number of aliphatic hydroxyl groups excluding tert-OH is 1. The van der Waals surface area contributed by atoms with Crippen LogP contribution < -0.4 is 15.5 Å². The number of nitrogens with two attached hydrogens (primary N) is 1. The molecule has 5 rings (SSSR count). The molecule has 37 heavy (non-hydrogen) atoms. The number of piperidine rings is 1. The maximum atomic E-state index is 13.6. The third kappa shape index (κ3) is 5.89. The molecule has 2 aliphatic rings. The quantitative estimate of drug-likeness (QED) is 0.522. The highest BCUT2D eigenvalue weighted by molar-refractivity contribution is 5.54. The molecule has 0 aliphatic carbocycles. The summed E-state index contributed by atoms with van der Waals surface area (Å²) in [6.45, 7) is 7.21. The van der Waals surface area contributed by atoms with E-state index in [1.165, 1.54) is 12.1 Å². The lowest BCUT2D eigenvalue weighted by atomic mass is 10.1. The normalized spacial score (nSPS) is 17.7. The Kier molecular flexibility index (Phi) is 7.33. The number of aliphatic hydroxyl groups is 1. The Balaban J connectivity index is 1.20. The van der Waals surface area contributed by atoms with Crippen molar-refractivity contribution in [2.45, 2.75) is 25.9 Å². The summed E-state index contributed by atoms with van der Waals surface area (Å²) in [4.78, 5) is 15.2. The van der Waals surface area contributed by atoms with Crippen LogP contribution in [0.1, 0.15) is 24.1 Å². The van der Waals surface area contributed by atoms with Gasteiger partial charge in [-0.05, 0) is 31.9 Å². The van der Waals surface area contributed by atoms with Crippen LogP contribution in [0.5, 0.6) is 0 Å². The van der Waals surface area contributed by atoms with E-state index in [-0.39, 0.29) is 12.1 Å². The first kappa shape index (κ1) is 25.1. The smallest absolute Gasteiger partial charge is 0.224 e. The van der Waals surface area contributed by atoms with E-state index >= 15 is 0 Å². The Morgan fingerprint density at radius 1 is 0.946 bits per heavy atom. The third-order valence-electron chi connectivity index (χ3n) is 7.02. The van der Waals surface area contributed by atoms with Crippen molar-refractivity contribution in [3.05, 3.63) is 59.4 Å². The van der Waals surface area contributed by atoms with Crippen molar-refractivity contribution in [1.82, 2.24) is 24.6 Å². The number of rotatable bonds is 6. The van der Waals surface area contributed by atoms with Crippen LogP contribution in [0, 0.1) is 18.6 Å². The molecule has 0 amide bonds. The van der Waals surface area contributed by atoms with E-state index in [0.717, 1.165) is 55.9 Å². The fraction of sp³-hybridized carbons (Fsp3) is 0.423. The predicted octanol–water partition coefficient (Wildman–Crippen LogP) is 2.63. The number of nitrogen functional groups attached to an aromatic ring is 1. The second-order valence-electron chi connectivity index (χ2n) is 9.58. The zero-order chi connectivity index (χ0) is 25.9. The van der Waals surface area contributed by atoms with Gasteiger partial charge in [0.1, 0.15) is 17.5 Å². The highest BCUT2D eigenvalue weighted by Gasteiger charge is 2.21. The van der Waals surface area contributed by atoms with Crippen molar-refractivity contribution in [2.24, 2.45) is 0 Å². The fourth-order valence-corrected chi connectivity index (χ4v) is 4.86. The van der Waals surface area contributed by atoms with Gasteiger partial charge in [-0.1, -0.05) is 12.2 Å². The standard InChI is InChI=1S/C26H32F2N8O/c1-18-19(3-2-6-33-9-11-34(12-10-33)22-14-20(27)13-21(28)15-22)17-30-36(18)25-16-24(31-26(29)32-25)35-7-4-23(37)5-8-35/h2-3,13-17,23,37H,4-12H2,1H3,(H2,29,31,32). The minimum absolute atomic E-state index is 0.186. The maximum Gasteiger partial charge on any atom is 0.224 e. The lowest BCUT2D eigenvalue weighted by Gasteiger charge is -2.35. The summed E-state index contributed by atoms with van der Waals surface area (Å²) in [6.07, 6.45) is 7.09. The van der Waals surface area contributed by atoms with E-state index in [4.69, 9.17) is 5.73 Å². The topological polar surface area (TPSA) is 99.6 Å². The molecule has 0 radical (unpaired) electrons. The van der Waals surface area contributed by atoms with Gasteiger partial charge >= 0.3 is 0 Å². The van der Waals surface area contributed by atoms with E-state index < -0.39 is 11.6 Å². The number of piperazine rings is 1. The molecule has 3 N–H and O–H groups in total. The van der Waals surface area contributed by atoms with Crippen LogP contribution >= 0.6 is 0 Å². The van der Waals surface area contributed by atoms with Gasteiger partial charge in [-0.15, -0.1) is 0 Å². The van der Waals surface area contributed by atoms with Crippen LogP contribution in [0.25, 0.3) is 11.9 Å². The minimum Gasteiger partial charge on any atom is -0.393 e. The summed E-state index contributed by atoms with van der Waals surface area (Å²) in [6, 6.07) is 5.54. The zero-order valence-corrected chi connectivity index (χ0v) is 20.9. The van der Waals surface area contributed by atoms with Gasteiger partial charge in [0.15, 0.2) is 5.82 Å². The average molecular weight is 511 g/mol. The molecule has 0 atom stereocenters. The molecule has 1 aromatic carbocycles. The predicted molar refractivity (Wildman–Crippen MR) is 140 cm³/mol. The zero-order valence-electron chi connectivity index (χ0n) is 20.9. The van der Waals surface area contributed by atoms with Crippen LogP contribution in [0.2, 0.25) is 0 Å². The van der Waals surface area contributed by atoms with E-state index in [0.29, 0.717) is 37.4 Å². The number of hydrogen-bond donors (Lipinski definition) is 2. The molecule has 0 bridgehead atoms. The largest absolute Gasteiger partial charge is 0.393 e. The van der Waals surface area contributed by atoms with Gasteiger partial charge in [0, 0.05) is 69.2 Å². The summed E-state index contributed by atoms with van der Waals surface area (Å²) >= 11 is 0. The first-order valence-corrected chi connectivity index (χ1v) is 12.6. The summed E-state index contributed by atoms with van der Waals surface area (Å²) in [7, 11) is 0. The number of hydrogen-bond acceptors (Lipinski definition) is 8. The molecule has 0 saturated carbocycles. The van der Waals surface area contributed by atoms with Gasteiger partial charge in [0.05, 0.1) is 18.0 Å². The Bertz CT molecular complexity index is 1240. The second kappa shape index (κ2) is 10.8. The van der Waals surface area contributed by atoms with Gasteiger partial charge in [-0.25, -0.2) is 13.5 Å². The van der Waals surface area contributed by atoms with Gasteiger partial charge in [-0.3, -0.25) is 4.90 Å². The van der Waals surface area contributed by atoms with Gasteiger partial charge in [0.25, 0.3) is 0 Å². The highest BCUT2D eigenvalue weighted by atomic mass is 19.1. The number of anilines is 3. The maximum absolute atomic E-state index is 13.6. The first-order valence-electron chi connectivity index (χ1n) is 12.6. The molecule has 3 aromatic rings. The summed E-state index contributed by atoms with van der Waals surface area (Å²) < 4.78 is 28.9. The van der Waals surface area contributed by atoms with Crippen molar-refractivity contribution < 1.29 is 13.9 Å². The molecule has 196 valence electrons. The van der Waals surface area contributed by atoms with E-state index in [1.807, 2.05) is 24.0 Å². The summed E-state index contributed by atoms with van der Waals surface area (Å²) in [5.74, 6) is 0.426. The molecule has 9 nitrogen and oxygen atoms in total. The van der Waals surface area contributed by atoms with Crippen LogP contribution in [0.15, 0.2) is 36.5 Å². The number of benzene rings is 1. The minimum atomic E-state index is -0.552. The first-order chi connectivity index (χ1) is 17.9. The van der Waals surface area contributed by atoms with E-state index in [2.05, 4.69) is 30.9 Å². The molecule has 0 spiro atoms. The average Bonchev–Trinajstić information content (AvgIpc) is 3.24. The Morgan fingerprint density at radius 2 is 1.62 bits per heavy atom. The fourth-order valence-electron chi connectivity index (χ4n) is 4.86. The van der Waals surface area contributed by atoms with E-state index in [9.17, 15) is 13.9 Å². The Hall–Kier alpha value is -3.57. The lowest BCUT2D eigenvalue weighted by Crippen LogP contribution is -2.46. The SMILES string of the molecule is Cc1c(C=CCN2CCN(c3cc(F)cc(F)c3)CC2)cnn1-c1cc(N2CCC(O)CC2)nc(N)n1. The van der Waals surface area contributed by atoms with Crippen LogP contribution in [0.4, 0.5) is 26.2 Å². The lowest BCUT2D eigenvalue weighted by molar-refractivity contribution is 0.145. The van der Waals surface area contributed by atoms with Crippen LogP contribution in [0.3, 0.4) is 0 Å². The second-order valence-corrected chi connectivity index (χ2v) is 9.58. The van der Waals surface area contributed by atoms with Crippen molar-refractivity contribution in [3.8, 4) is 5.82 Å². The van der Waals surface area contributed by atoms with Crippen molar-refractivity contribution in [2.75, 3.05) is 61.3 Å². The molecular formula is C26H32F2N8O. The molecule has 2 aliphatic heterocycles. The van der Waals surface area contributed by atoms with Crippen LogP contribution in [-0.2, 0) is 0 Å². The Morgan fingerprint density at radius 3 is 2.32 bits per heavy atom. The van der Waals surface area contributed by atoms with Gasteiger partial charge in [-0.2, -0.15) is 15.1 Å². The molecular weight excluding hydrogens is 478 g/mol. The van der Waals surface area contributed by atoms with Gasteiger partial charge < -0.3 is 20.6 Å². The monoisotopic (exact) mass is 510 g/mol. The number of nitrogens with zero attached hydrogens (tertiary/aromatic N) is 7. The molecule has 2 aromatic heterocycles. The molecule has 0 unspecified atom stereocenters. The Labute approximate surface area is 214 Å². The number of halogens is 2. The molecule has 2 saturated heterocycles. The van der Waals surface area contributed by atoms with E-state index in [1.54, 1.807) is 10.9 Å². The summed E-state index contributed by atoms with van der Waals surface area (Å²) in [5, 5.41) is 14.3. The molecule has 2 fully saturated rings. The van der Waals surface area contributed by atoms with Crippen LogP contribution in [-0.4, -0.2) is 81.7 Å². The third-order valence-corrected chi connectivity index (χ3v) is 7.02. The molecule has 4 heterocycles.